The van der Waals surface area contributed by atoms with Crippen LogP contribution in [0.3, 0.4) is 0 Å². The number of fused-ring (bicyclic) bond motifs is 1. The van der Waals surface area contributed by atoms with Crippen LogP contribution in [-0.2, 0) is 13.0 Å². The van der Waals surface area contributed by atoms with Crippen LogP contribution in [0.5, 0.6) is 0 Å². The summed E-state index contributed by atoms with van der Waals surface area (Å²) in [5.74, 6) is 0.612. The molecule has 1 aliphatic rings. The van der Waals surface area contributed by atoms with E-state index in [1.165, 1.54) is 11.3 Å². The van der Waals surface area contributed by atoms with Gasteiger partial charge in [0.2, 0.25) is 0 Å². The molecule has 0 saturated heterocycles. The second kappa shape index (κ2) is 5.47. The van der Waals surface area contributed by atoms with E-state index in [0.717, 1.165) is 24.2 Å². The lowest BCUT2D eigenvalue weighted by atomic mass is 9.93. The normalized spacial score (nSPS) is 17.9. The highest BCUT2D eigenvalue weighted by atomic mass is 35.5. The third-order valence-electron chi connectivity index (χ3n) is 3.86. The van der Waals surface area contributed by atoms with Crippen LogP contribution in [0.1, 0.15) is 18.1 Å². The lowest BCUT2D eigenvalue weighted by Crippen LogP contribution is -2.30. The van der Waals surface area contributed by atoms with Gasteiger partial charge in [-0.25, -0.2) is 0 Å². The van der Waals surface area contributed by atoms with E-state index in [1.807, 2.05) is 18.2 Å². The van der Waals surface area contributed by atoms with E-state index < -0.39 is 0 Å². The number of anilines is 2. The maximum atomic E-state index is 9.22. The van der Waals surface area contributed by atoms with Crippen LogP contribution < -0.4 is 4.90 Å². The van der Waals surface area contributed by atoms with Gasteiger partial charge in [-0.3, -0.25) is 0 Å². The summed E-state index contributed by atoms with van der Waals surface area (Å²) in [6.45, 7) is 3.24. The highest BCUT2D eigenvalue weighted by Gasteiger charge is 2.22. The predicted octanol–water partition coefficient (Wildman–Crippen LogP) is 4.16. The van der Waals surface area contributed by atoms with E-state index in [9.17, 15) is 5.11 Å². The maximum Gasteiger partial charge on any atom is 0.0696 e. The van der Waals surface area contributed by atoms with E-state index in [0.29, 0.717) is 10.9 Å². The zero-order chi connectivity index (χ0) is 14.1. The van der Waals surface area contributed by atoms with Gasteiger partial charge in [-0.1, -0.05) is 42.8 Å². The Morgan fingerprint density at radius 3 is 2.80 bits per heavy atom. The number of hydrogen-bond donors (Lipinski definition) is 1. The van der Waals surface area contributed by atoms with Crippen molar-refractivity contribution in [3.63, 3.8) is 0 Å². The Bertz CT molecular complexity index is 626. The number of hydrogen-bond acceptors (Lipinski definition) is 2. The van der Waals surface area contributed by atoms with E-state index >= 15 is 0 Å². The second-order valence-electron chi connectivity index (χ2n) is 5.48. The van der Waals surface area contributed by atoms with Crippen LogP contribution in [0.15, 0.2) is 42.5 Å². The number of aliphatic hydroxyl groups excluding tert-OH is 1. The van der Waals surface area contributed by atoms with Crippen molar-refractivity contribution >= 4 is 23.0 Å². The van der Waals surface area contributed by atoms with Gasteiger partial charge in [-0.05, 0) is 41.7 Å². The Hall–Kier alpha value is -1.51. The Labute approximate surface area is 124 Å². The Morgan fingerprint density at radius 2 is 2.05 bits per heavy atom. The van der Waals surface area contributed by atoms with Gasteiger partial charge in [-0.2, -0.15) is 0 Å². The van der Waals surface area contributed by atoms with Crippen LogP contribution in [0.25, 0.3) is 0 Å². The molecule has 20 heavy (non-hydrogen) atoms. The predicted molar refractivity (Wildman–Crippen MR) is 83.7 cm³/mol. The second-order valence-corrected chi connectivity index (χ2v) is 5.89. The van der Waals surface area contributed by atoms with Crippen molar-refractivity contribution in [1.29, 1.82) is 0 Å². The topological polar surface area (TPSA) is 23.5 Å². The molecule has 0 spiro atoms. The van der Waals surface area contributed by atoms with Crippen LogP contribution in [0.4, 0.5) is 11.4 Å². The molecule has 0 radical (unpaired) electrons. The minimum absolute atomic E-state index is 0.0217. The fourth-order valence-corrected chi connectivity index (χ4v) is 3.11. The molecule has 2 aromatic carbocycles. The standard InChI is InChI=1S/C17H18ClNO/c1-12-8-13-4-2-3-5-17(13)19(10-12)15-7-6-14(11-20)16(18)9-15/h2-7,9,12,20H,8,10-11H2,1H3. The number of benzene rings is 2. The molecular weight excluding hydrogens is 270 g/mol. The van der Waals surface area contributed by atoms with Crippen molar-refractivity contribution in [2.45, 2.75) is 20.0 Å². The van der Waals surface area contributed by atoms with E-state index in [2.05, 4.69) is 36.1 Å². The summed E-state index contributed by atoms with van der Waals surface area (Å²) in [5, 5.41) is 9.85. The van der Waals surface area contributed by atoms with Gasteiger partial charge >= 0.3 is 0 Å². The third-order valence-corrected chi connectivity index (χ3v) is 4.22. The molecule has 3 rings (SSSR count). The fourth-order valence-electron chi connectivity index (χ4n) is 2.87. The summed E-state index contributed by atoms with van der Waals surface area (Å²) < 4.78 is 0. The third kappa shape index (κ3) is 2.41. The van der Waals surface area contributed by atoms with Gasteiger partial charge in [0, 0.05) is 22.9 Å². The van der Waals surface area contributed by atoms with Crippen LogP contribution in [0, 0.1) is 5.92 Å². The summed E-state index contributed by atoms with van der Waals surface area (Å²) in [4.78, 5) is 2.32. The first-order valence-corrected chi connectivity index (χ1v) is 7.31. The van der Waals surface area contributed by atoms with Gasteiger partial charge in [0.15, 0.2) is 0 Å². The van der Waals surface area contributed by atoms with E-state index in [-0.39, 0.29) is 6.61 Å². The lowest BCUT2D eigenvalue weighted by molar-refractivity contribution is 0.282. The molecular formula is C17H18ClNO. The van der Waals surface area contributed by atoms with E-state index in [1.54, 1.807) is 0 Å². The Kier molecular flexibility index (Phi) is 3.68. The number of halogens is 1. The summed E-state index contributed by atoms with van der Waals surface area (Å²) >= 11 is 6.23. The minimum atomic E-state index is -0.0217. The number of nitrogens with zero attached hydrogens (tertiary/aromatic N) is 1. The molecule has 1 atom stereocenters. The molecule has 1 unspecified atom stereocenters. The van der Waals surface area contributed by atoms with Crippen LogP contribution in [-0.4, -0.2) is 11.7 Å². The minimum Gasteiger partial charge on any atom is -0.392 e. The summed E-state index contributed by atoms with van der Waals surface area (Å²) in [5.41, 5.74) is 4.51. The van der Waals surface area contributed by atoms with Crippen molar-refractivity contribution in [2.75, 3.05) is 11.4 Å². The molecule has 2 aromatic rings. The Balaban J connectivity index is 2.04. The zero-order valence-electron chi connectivity index (χ0n) is 11.5. The van der Waals surface area contributed by atoms with Gasteiger partial charge in [0.25, 0.3) is 0 Å². The molecule has 0 aromatic heterocycles. The lowest BCUT2D eigenvalue weighted by Gasteiger charge is -2.35. The molecule has 0 saturated carbocycles. The monoisotopic (exact) mass is 287 g/mol. The first-order valence-electron chi connectivity index (χ1n) is 6.93. The van der Waals surface area contributed by atoms with Gasteiger partial charge < -0.3 is 10.0 Å². The van der Waals surface area contributed by atoms with Gasteiger partial charge in [-0.15, -0.1) is 0 Å². The number of aliphatic hydroxyl groups is 1. The smallest absolute Gasteiger partial charge is 0.0696 e. The van der Waals surface area contributed by atoms with Crippen molar-refractivity contribution in [1.82, 2.24) is 0 Å². The van der Waals surface area contributed by atoms with Crippen LogP contribution >= 0.6 is 11.6 Å². The first kappa shape index (κ1) is 13.5. The van der Waals surface area contributed by atoms with E-state index in [4.69, 9.17) is 11.6 Å². The summed E-state index contributed by atoms with van der Waals surface area (Å²) in [6, 6.07) is 14.4. The quantitative estimate of drug-likeness (QED) is 0.896. The average molecular weight is 288 g/mol. The van der Waals surface area contributed by atoms with Gasteiger partial charge in [0.1, 0.15) is 0 Å². The highest BCUT2D eigenvalue weighted by molar-refractivity contribution is 6.31. The molecule has 0 aliphatic carbocycles. The molecule has 1 N–H and O–H groups in total. The fraction of sp³-hybridized carbons (Fsp3) is 0.294. The van der Waals surface area contributed by atoms with Gasteiger partial charge in [0.05, 0.1) is 6.61 Å². The van der Waals surface area contributed by atoms with Crippen LogP contribution in [0.2, 0.25) is 5.02 Å². The molecule has 2 nitrogen and oxygen atoms in total. The van der Waals surface area contributed by atoms with Crippen molar-refractivity contribution < 1.29 is 5.11 Å². The number of rotatable bonds is 2. The molecule has 1 aliphatic heterocycles. The number of para-hydroxylation sites is 1. The summed E-state index contributed by atoms with van der Waals surface area (Å²) in [6.07, 6.45) is 1.12. The molecule has 0 amide bonds. The maximum absolute atomic E-state index is 9.22. The summed E-state index contributed by atoms with van der Waals surface area (Å²) in [7, 11) is 0. The molecule has 0 fully saturated rings. The SMILES string of the molecule is CC1Cc2ccccc2N(c2ccc(CO)c(Cl)c2)C1. The zero-order valence-corrected chi connectivity index (χ0v) is 12.3. The average Bonchev–Trinajstić information content (AvgIpc) is 2.46. The Morgan fingerprint density at radius 1 is 1.25 bits per heavy atom. The molecule has 0 bridgehead atoms. The first-order chi connectivity index (χ1) is 9.69. The van der Waals surface area contributed by atoms with Crippen molar-refractivity contribution in [2.24, 2.45) is 5.92 Å². The van der Waals surface area contributed by atoms with Crippen molar-refractivity contribution in [3.05, 3.63) is 58.6 Å². The largest absolute Gasteiger partial charge is 0.392 e. The van der Waals surface area contributed by atoms with Crippen molar-refractivity contribution in [3.8, 4) is 0 Å². The highest BCUT2D eigenvalue weighted by Crippen LogP contribution is 2.36. The molecule has 1 heterocycles. The molecule has 104 valence electrons. The molecule has 3 heteroatoms.